The van der Waals surface area contributed by atoms with Crippen molar-refractivity contribution in [3.05, 3.63) is 65.2 Å². The van der Waals surface area contributed by atoms with Gasteiger partial charge in [0.05, 0.1) is 11.6 Å². The van der Waals surface area contributed by atoms with E-state index in [1.54, 1.807) is 6.07 Å². The van der Waals surface area contributed by atoms with Crippen molar-refractivity contribution in [2.75, 3.05) is 0 Å². The van der Waals surface area contributed by atoms with E-state index in [9.17, 15) is 0 Å². The predicted octanol–water partition coefficient (Wildman–Crippen LogP) is 4.65. The molecular weight excluding hydrogens is 246 g/mol. The van der Waals surface area contributed by atoms with Gasteiger partial charge in [-0.25, -0.2) is 0 Å². The van der Waals surface area contributed by atoms with Crippen LogP contribution in [0.4, 0.5) is 0 Å². The van der Waals surface area contributed by atoms with Crippen LogP contribution in [-0.2, 0) is 6.61 Å². The van der Waals surface area contributed by atoms with Crippen LogP contribution in [0.3, 0.4) is 0 Å². The van der Waals surface area contributed by atoms with E-state index in [1.807, 2.05) is 30.3 Å². The molecule has 2 rings (SSSR count). The summed E-state index contributed by atoms with van der Waals surface area (Å²) in [7, 11) is 0. The Bertz CT molecular complexity index is 596. The topological polar surface area (TPSA) is 33.0 Å². The van der Waals surface area contributed by atoms with Gasteiger partial charge in [0.25, 0.3) is 0 Å². The fourth-order valence-electron chi connectivity index (χ4n) is 2.03. The SMILES string of the molecule is CCC(C)c1ccc(OCc2cccc(C#N)c2)cc1. The van der Waals surface area contributed by atoms with E-state index in [0.29, 0.717) is 18.1 Å². The van der Waals surface area contributed by atoms with Crippen LogP contribution in [0.5, 0.6) is 5.75 Å². The van der Waals surface area contributed by atoms with E-state index >= 15 is 0 Å². The first-order chi connectivity index (χ1) is 9.72. The summed E-state index contributed by atoms with van der Waals surface area (Å²) in [6, 6.07) is 17.9. The molecule has 0 amide bonds. The number of nitriles is 1. The number of rotatable bonds is 5. The van der Waals surface area contributed by atoms with Gasteiger partial charge >= 0.3 is 0 Å². The van der Waals surface area contributed by atoms with Gasteiger partial charge in [0.1, 0.15) is 12.4 Å². The molecule has 0 N–H and O–H groups in total. The summed E-state index contributed by atoms with van der Waals surface area (Å²) in [5.41, 5.74) is 3.01. The van der Waals surface area contributed by atoms with Crippen LogP contribution in [0.25, 0.3) is 0 Å². The van der Waals surface area contributed by atoms with Gasteiger partial charge in [0.2, 0.25) is 0 Å². The van der Waals surface area contributed by atoms with Crippen LogP contribution in [0.1, 0.15) is 42.9 Å². The molecule has 2 heteroatoms. The molecule has 0 saturated heterocycles. The second kappa shape index (κ2) is 6.77. The van der Waals surface area contributed by atoms with Crippen LogP contribution < -0.4 is 4.74 Å². The van der Waals surface area contributed by atoms with Gasteiger partial charge in [-0.05, 0) is 47.7 Å². The maximum atomic E-state index is 8.86. The third kappa shape index (κ3) is 3.61. The van der Waals surface area contributed by atoms with Crippen molar-refractivity contribution in [1.29, 1.82) is 5.26 Å². The minimum atomic E-state index is 0.484. The molecule has 0 fully saturated rings. The Morgan fingerprint density at radius 2 is 1.90 bits per heavy atom. The van der Waals surface area contributed by atoms with Crippen LogP contribution in [0, 0.1) is 11.3 Å². The van der Waals surface area contributed by atoms with E-state index < -0.39 is 0 Å². The fraction of sp³-hybridized carbons (Fsp3) is 0.278. The van der Waals surface area contributed by atoms with Gasteiger partial charge in [-0.2, -0.15) is 5.26 Å². The molecule has 2 aromatic carbocycles. The number of benzene rings is 2. The molecule has 0 spiro atoms. The Labute approximate surface area is 120 Å². The number of hydrogen-bond donors (Lipinski definition) is 0. The summed E-state index contributed by atoms with van der Waals surface area (Å²) in [6.07, 6.45) is 1.14. The molecule has 0 saturated carbocycles. The highest BCUT2D eigenvalue weighted by molar-refractivity contribution is 5.33. The molecule has 0 aliphatic heterocycles. The molecule has 0 aromatic heterocycles. The van der Waals surface area contributed by atoms with Crippen LogP contribution in [0.2, 0.25) is 0 Å². The third-order valence-electron chi connectivity index (χ3n) is 3.52. The van der Waals surface area contributed by atoms with E-state index in [4.69, 9.17) is 10.00 Å². The van der Waals surface area contributed by atoms with Crippen LogP contribution in [-0.4, -0.2) is 0 Å². The minimum absolute atomic E-state index is 0.484. The summed E-state index contributed by atoms with van der Waals surface area (Å²) >= 11 is 0. The molecule has 0 heterocycles. The molecule has 0 aliphatic rings. The molecule has 0 bridgehead atoms. The average molecular weight is 265 g/mol. The lowest BCUT2D eigenvalue weighted by Gasteiger charge is -2.11. The van der Waals surface area contributed by atoms with E-state index in [0.717, 1.165) is 17.7 Å². The Kier molecular flexibility index (Phi) is 4.79. The second-order valence-corrected chi connectivity index (χ2v) is 4.98. The molecule has 1 unspecified atom stereocenters. The fourth-order valence-corrected chi connectivity index (χ4v) is 2.03. The van der Waals surface area contributed by atoms with Crippen molar-refractivity contribution in [3.8, 4) is 11.8 Å². The molecule has 20 heavy (non-hydrogen) atoms. The zero-order chi connectivity index (χ0) is 14.4. The molecule has 1 atom stereocenters. The van der Waals surface area contributed by atoms with Gasteiger partial charge in [-0.15, -0.1) is 0 Å². The van der Waals surface area contributed by atoms with Crippen molar-refractivity contribution in [3.63, 3.8) is 0 Å². The lowest BCUT2D eigenvalue weighted by molar-refractivity contribution is 0.306. The Morgan fingerprint density at radius 3 is 2.55 bits per heavy atom. The Hall–Kier alpha value is -2.27. The standard InChI is InChI=1S/C18H19NO/c1-3-14(2)17-7-9-18(10-8-17)20-13-16-6-4-5-15(11-16)12-19/h4-11,14H,3,13H2,1-2H3. The number of nitrogens with zero attached hydrogens (tertiary/aromatic N) is 1. The van der Waals surface area contributed by atoms with E-state index in [2.05, 4.69) is 32.0 Å². The summed E-state index contributed by atoms with van der Waals surface area (Å²) in [6.45, 7) is 4.90. The molecule has 0 radical (unpaired) electrons. The summed E-state index contributed by atoms with van der Waals surface area (Å²) in [5, 5.41) is 8.86. The van der Waals surface area contributed by atoms with Gasteiger partial charge in [0, 0.05) is 0 Å². The summed E-state index contributed by atoms with van der Waals surface area (Å²) < 4.78 is 5.75. The van der Waals surface area contributed by atoms with E-state index in [-0.39, 0.29) is 0 Å². The summed E-state index contributed by atoms with van der Waals surface area (Å²) in [5.74, 6) is 1.44. The number of ether oxygens (including phenoxy) is 1. The second-order valence-electron chi connectivity index (χ2n) is 4.98. The van der Waals surface area contributed by atoms with Gasteiger partial charge in [-0.3, -0.25) is 0 Å². The summed E-state index contributed by atoms with van der Waals surface area (Å²) in [4.78, 5) is 0. The maximum absolute atomic E-state index is 8.86. The Morgan fingerprint density at radius 1 is 1.15 bits per heavy atom. The number of hydrogen-bond acceptors (Lipinski definition) is 2. The highest BCUT2D eigenvalue weighted by atomic mass is 16.5. The Balaban J connectivity index is 1.98. The van der Waals surface area contributed by atoms with Crippen LogP contribution in [0.15, 0.2) is 48.5 Å². The molecule has 2 nitrogen and oxygen atoms in total. The maximum Gasteiger partial charge on any atom is 0.119 e. The van der Waals surface area contributed by atoms with Gasteiger partial charge in [-0.1, -0.05) is 38.1 Å². The van der Waals surface area contributed by atoms with Gasteiger partial charge in [0.15, 0.2) is 0 Å². The first kappa shape index (κ1) is 14.1. The first-order valence-corrected chi connectivity index (χ1v) is 6.94. The molecule has 102 valence electrons. The third-order valence-corrected chi connectivity index (χ3v) is 3.52. The van der Waals surface area contributed by atoms with Gasteiger partial charge < -0.3 is 4.74 Å². The lowest BCUT2D eigenvalue weighted by atomic mass is 9.99. The lowest BCUT2D eigenvalue weighted by Crippen LogP contribution is -1.96. The quantitative estimate of drug-likeness (QED) is 0.788. The average Bonchev–Trinajstić information content (AvgIpc) is 2.53. The molecule has 0 aliphatic carbocycles. The highest BCUT2D eigenvalue weighted by Crippen LogP contribution is 2.22. The predicted molar refractivity (Wildman–Crippen MR) is 80.6 cm³/mol. The molecular formula is C18H19NO. The van der Waals surface area contributed by atoms with Crippen molar-refractivity contribution in [2.24, 2.45) is 0 Å². The minimum Gasteiger partial charge on any atom is -0.489 e. The smallest absolute Gasteiger partial charge is 0.119 e. The first-order valence-electron chi connectivity index (χ1n) is 6.94. The van der Waals surface area contributed by atoms with Crippen molar-refractivity contribution >= 4 is 0 Å². The van der Waals surface area contributed by atoms with Crippen LogP contribution >= 0.6 is 0 Å². The normalized spacial score (nSPS) is 11.7. The largest absolute Gasteiger partial charge is 0.489 e. The van der Waals surface area contributed by atoms with Crippen molar-refractivity contribution < 1.29 is 4.74 Å². The zero-order valence-electron chi connectivity index (χ0n) is 12.0. The van der Waals surface area contributed by atoms with Crippen molar-refractivity contribution in [2.45, 2.75) is 32.8 Å². The highest BCUT2D eigenvalue weighted by Gasteiger charge is 2.03. The van der Waals surface area contributed by atoms with E-state index in [1.165, 1.54) is 5.56 Å². The van der Waals surface area contributed by atoms with Crippen molar-refractivity contribution in [1.82, 2.24) is 0 Å². The monoisotopic (exact) mass is 265 g/mol. The zero-order valence-corrected chi connectivity index (χ0v) is 12.0. The molecule has 2 aromatic rings.